The third-order valence-electron chi connectivity index (χ3n) is 13.2. The highest BCUT2D eigenvalue weighted by Gasteiger charge is 2.22. The van der Waals surface area contributed by atoms with Crippen LogP contribution in [0.3, 0.4) is 0 Å². The Morgan fingerprint density at radius 3 is 1.17 bits per heavy atom. The maximum absolute atomic E-state index is 12.8. The lowest BCUT2D eigenvalue weighted by Crippen LogP contribution is -2.44. The van der Waals surface area contributed by atoms with Crippen LogP contribution in [-0.4, -0.2) is 82.3 Å². The van der Waals surface area contributed by atoms with Gasteiger partial charge < -0.3 is 33.3 Å². The predicted molar refractivity (Wildman–Crippen MR) is 288 cm³/mol. The second kappa shape index (κ2) is 52.1. The average molecular weight is 977 g/mol. The van der Waals surface area contributed by atoms with Crippen LogP contribution in [0, 0.1) is 0 Å². The van der Waals surface area contributed by atoms with Crippen molar-refractivity contribution in [2.24, 2.45) is 0 Å². The van der Waals surface area contributed by atoms with Gasteiger partial charge in [0.25, 0.3) is 0 Å². The topological polar surface area (TPSA) is 111 Å². The van der Waals surface area contributed by atoms with Crippen molar-refractivity contribution in [1.82, 2.24) is 0 Å². The smallest absolute Gasteiger partial charge is 0.306 e. The van der Waals surface area contributed by atoms with Crippen molar-refractivity contribution in [3.8, 4) is 0 Å². The summed E-state index contributed by atoms with van der Waals surface area (Å²) < 4.78 is 22.7. The molecule has 0 aromatic rings. The molecule has 0 aliphatic heterocycles. The lowest BCUT2D eigenvalue weighted by Gasteiger charge is -2.26. The minimum atomic E-state index is -1.62. The summed E-state index contributed by atoms with van der Waals surface area (Å²) in [6.07, 6.45) is 58.2. The molecule has 0 aliphatic rings. The lowest BCUT2D eigenvalue weighted by molar-refractivity contribution is -0.870. The molecule has 2 unspecified atom stereocenters. The van der Waals surface area contributed by atoms with E-state index < -0.39 is 24.3 Å². The number of allylic oxidation sites excluding steroid dienone is 4. The van der Waals surface area contributed by atoms with E-state index in [-0.39, 0.29) is 32.2 Å². The molecular formula is C60H113NO8. The zero-order valence-electron chi connectivity index (χ0n) is 46.2. The molecule has 69 heavy (non-hydrogen) atoms. The number of likely N-dealkylation sites (N-methyl/N-ethyl adjacent to an activating group) is 1. The van der Waals surface area contributed by atoms with Crippen molar-refractivity contribution >= 4 is 17.9 Å². The molecule has 0 radical (unpaired) electrons. The molecule has 0 saturated carbocycles. The minimum Gasteiger partial charge on any atom is -0.545 e. The summed E-state index contributed by atoms with van der Waals surface area (Å²) in [4.78, 5) is 37.2. The third kappa shape index (κ3) is 53.4. The number of carboxylic acids is 1. The number of carbonyl (C=O) groups excluding carboxylic acids is 3. The summed E-state index contributed by atoms with van der Waals surface area (Å²) in [5.41, 5.74) is 0. The fraction of sp³-hybridized carbons (Fsp3) is 0.883. The Balaban J connectivity index is 4.10. The molecule has 2 atom stereocenters. The normalized spacial score (nSPS) is 12.9. The summed E-state index contributed by atoms with van der Waals surface area (Å²) in [7, 11) is 5.92. The Morgan fingerprint density at radius 1 is 0.435 bits per heavy atom. The summed E-state index contributed by atoms with van der Waals surface area (Å²) in [6.45, 7) is 4.74. The predicted octanol–water partition coefficient (Wildman–Crippen LogP) is 15.8. The number of unbranched alkanes of at least 4 members (excludes halogenated alkanes) is 36. The first-order chi connectivity index (χ1) is 33.6. The monoisotopic (exact) mass is 976 g/mol. The molecular weight excluding hydrogens is 863 g/mol. The number of hydrogen-bond donors (Lipinski definition) is 0. The van der Waals surface area contributed by atoms with Gasteiger partial charge in [-0.1, -0.05) is 250 Å². The maximum Gasteiger partial charge on any atom is 0.306 e. The summed E-state index contributed by atoms with van der Waals surface area (Å²) in [6, 6.07) is 0. The molecule has 0 aromatic carbocycles. The molecule has 0 fully saturated rings. The van der Waals surface area contributed by atoms with Crippen molar-refractivity contribution in [3.05, 3.63) is 24.3 Å². The number of nitrogens with zero attached hydrogens (tertiary/aromatic N) is 1. The van der Waals surface area contributed by atoms with Crippen LogP contribution >= 0.6 is 0 Å². The van der Waals surface area contributed by atoms with Crippen LogP contribution in [0.15, 0.2) is 24.3 Å². The van der Waals surface area contributed by atoms with E-state index in [0.717, 1.165) is 57.8 Å². The molecule has 0 aromatic heterocycles. The Bertz CT molecular complexity index is 1180. The first-order valence-corrected chi connectivity index (χ1v) is 29.5. The van der Waals surface area contributed by atoms with Crippen LogP contribution in [0.1, 0.15) is 284 Å². The fourth-order valence-electron chi connectivity index (χ4n) is 8.63. The molecule has 0 bridgehead atoms. The number of quaternary nitrogens is 1. The van der Waals surface area contributed by atoms with Gasteiger partial charge in [-0.05, 0) is 44.9 Å². The van der Waals surface area contributed by atoms with Gasteiger partial charge in [0.1, 0.15) is 13.2 Å². The molecule has 0 aliphatic carbocycles. The van der Waals surface area contributed by atoms with Crippen LogP contribution in [0.5, 0.6) is 0 Å². The largest absolute Gasteiger partial charge is 0.545 e. The first-order valence-electron chi connectivity index (χ1n) is 29.5. The van der Waals surface area contributed by atoms with Crippen LogP contribution in [-0.2, 0) is 33.3 Å². The van der Waals surface area contributed by atoms with Crippen molar-refractivity contribution in [3.63, 3.8) is 0 Å². The maximum atomic E-state index is 12.8. The van der Waals surface area contributed by atoms with Gasteiger partial charge in [-0.25, -0.2) is 0 Å². The van der Waals surface area contributed by atoms with E-state index in [9.17, 15) is 19.5 Å². The quantitative estimate of drug-likeness (QED) is 0.0195. The third-order valence-corrected chi connectivity index (χ3v) is 13.2. The van der Waals surface area contributed by atoms with Gasteiger partial charge >= 0.3 is 11.9 Å². The number of hydrogen-bond acceptors (Lipinski definition) is 8. The van der Waals surface area contributed by atoms with Gasteiger partial charge in [-0.15, -0.1) is 0 Å². The van der Waals surface area contributed by atoms with E-state index in [4.69, 9.17) is 18.9 Å². The number of esters is 2. The molecule has 0 spiro atoms. The number of rotatable bonds is 55. The summed E-state index contributed by atoms with van der Waals surface area (Å²) in [5, 5.41) is 11.8. The standard InChI is InChI=1S/C60H113NO8/c1-6-8-10-12-14-16-18-20-22-23-24-25-26-27-28-29-30-31-32-33-34-35-37-38-40-42-44-46-48-50-57(62)67-54-56(55-68-60(59(64)65)66-53-52-61(3,4)5)69-58(63)51-49-47-45-43-41-39-36-21-19-17-15-13-11-9-7-2/h15,17,21,36,56,60H,6-14,16,18-20,22-35,37-55H2,1-5H3/b17-15-,36-21-. The van der Waals surface area contributed by atoms with Crippen molar-refractivity contribution in [2.75, 3.05) is 47.5 Å². The summed E-state index contributed by atoms with van der Waals surface area (Å²) >= 11 is 0. The molecule has 9 nitrogen and oxygen atoms in total. The van der Waals surface area contributed by atoms with Crippen LogP contribution in [0.25, 0.3) is 0 Å². The Morgan fingerprint density at radius 2 is 0.783 bits per heavy atom. The van der Waals surface area contributed by atoms with E-state index in [0.29, 0.717) is 23.9 Å². The highest BCUT2D eigenvalue weighted by molar-refractivity contribution is 5.70. The SMILES string of the molecule is CCCCC/C=C\C/C=C\CCCCCCCC(=O)OC(COC(=O)CCCCCCCCCCCCCCCCCCCCCCCCCCCCCCC)COC(OCC[N+](C)(C)C)C(=O)[O-]. The molecule has 0 heterocycles. The van der Waals surface area contributed by atoms with Gasteiger partial charge in [-0.2, -0.15) is 0 Å². The highest BCUT2D eigenvalue weighted by atomic mass is 16.7. The Hall–Kier alpha value is -2.23. The second-order valence-corrected chi connectivity index (χ2v) is 21.3. The zero-order valence-corrected chi connectivity index (χ0v) is 46.2. The Kier molecular flexibility index (Phi) is 50.4. The highest BCUT2D eigenvalue weighted by Crippen LogP contribution is 2.17. The van der Waals surface area contributed by atoms with Crippen LogP contribution in [0.2, 0.25) is 0 Å². The van der Waals surface area contributed by atoms with Crippen molar-refractivity contribution in [2.45, 2.75) is 296 Å². The molecule has 0 rings (SSSR count). The average Bonchev–Trinajstić information content (AvgIpc) is 3.31. The minimum absolute atomic E-state index is 0.147. The zero-order chi connectivity index (χ0) is 50.6. The van der Waals surface area contributed by atoms with Crippen LogP contribution < -0.4 is 5.11 Å². The molecule has 0 saturated heterocycles. The molecule has 0 N–H and O–H groups in total. The Labute approximate surface area is 427 Å². The second-order valence-electron chi connectivity index (χ2n) is 21.3. The fourth-order valence-corrected chi connectivity index (χ4v) is 8.63. The number of aliphatic carboxylic acids is 1. The van der Waals surface area contributed by atoms with E-state index in [1.807, 2.05) is 21.1 Å². The van der Waals surface area contributed by atoms with E-state index >= 15 is 0 Å². The summed E-state index contributed by atoms with van der Waals surface area (Å²) in [5.74, 6) is -2.28. The van der Waals surface area contributed by atoms with Crippen LogP contribution in [0.4, 0.5) is 0 Å². The van der Waals surface area contributed by atoms with E-state index in [2.05, 4.69) is 38.2 Å². The number of carbonyl (C=O) groups is 3. The number of carboxylic acid groups (broad SMARTS) is 1. The van der Waals surface area contributed by atoms with Gasteiger partial charge in [0, 0.05) is 12.8 Å². The lowest BCUT2D eigenvalue weighted by atomic mass is 10.0. The van der Waals surface area contributed by atoms with Gasteiger partial charge in [-0.3, -0.25) is 9.59 Å². The van der Waals surface area contributed by atoms with E-state index in [1.54, 1.807) is 0 Å². The number of ether oxygens (including phenoxy) is 4. The van der Waals surface area contributed by atoms with E-state index in [1.165, 1.54) is 193 Å². The molecule has 0 amide bonds. The molecule has 406 valence electrons. The van der Waals surface area contributed by atoms with Crippen molar-refractivity contribution in [1.29, 1.82) is 0 Å². The first kappa shape index (κ1) is 66.8. The van der Waals surface area contributed by atoms with Gasteiger partial charge in [0.05, 0.1) is 40.3 Å². The molecule has 9 heteroatoms. The van der Waals surface area contributed by atoms with Crippen molar-refractivity contribution < 1.29 is 42.9 Å². The van der Waals surface area contributed by atoms with Gasteiger partial charge in [0.2, 0.25) is 0 Å². The van der Waals surface area contributed by atoms with Gasteiger partial charge in [0.15, 0.2) is 12.4 Å².